The first-order chi connectivity index (χ1) is 8.99. The second-order valence-corrected chi connectivity index (χ2v) is 6.15. The third-order valence-electron chi connectivity index (χ3n) is 2.78. The number of carbonyl (C=O) groups excluding carboxylic acids is 1. The highest BCUT2D eigenvalue weighted by atomic mass is 79.9. The number of nitrogens with zero attached hydrogens (tertiary/aromatic N) is 1. The Morgan fingerprint density at radius 2 is 2.16 bits per heavy atom. The highest BCUT2D eigenvalue weighted by Gasteiger charge is 2.33. The molecule has 0 spiro atoms. The van der Waals surface area contributed by atoms with E-state index in [1.54, 1.807) is 0 Å². The molecular formula is C12H11BrFNO3S. The first-order valence-corrected chi connectivity index (χ1v) is 7.51. The summed E-state index contributed by atoms with van der Waals surface area (Å²) in [7, 11) is 0. The molecule has 1 aromatic rings. The number of amides is 1. The SMILES string of the molecule is O=C(O)C1CSCCN1C(=O)c1cc(F)cc(Br)c1. The van der Waals surface area contributed by atoms with Gasteiger partial charge in [-0.3, -0.25) is 4.79 Å². The van der Waals surface area contributed by atoms with Gasteiger partial charge in [0, 0.05) is 28.1 Å². The molecule has 1 atom stereocenters. The second-order valence-electron chi connectivity index (χ2n) is 4.09. The van der Waals surface area contributed by atoms with Crippen LogP contribution in [0.4, 0.5) is 4.39 Å². The third-order valence-corrected chi connectivity index (χ3v) is 4.26. The monoisotopic (exact) mass is 347 g/mol. The van der Waals surface area contributed by atoms with Gasteiger partial charge in [0.05, 0.1) is 0 Å². The van der Waals surface area contributed by atoms with Crippen molar-refractivity contribution in [2.75, 3.05) is 18.1 Å². The van der Waals surface area contributed by atoms with Gasteiger partial charge in [-0.05, 0) is 18.2 Å². The maximum absolute atomic E-state index is 13.3. The highest BCUT2D eigenvalue weighted by Crippen LogP contribution is 2.21. The number of aliphatic carboxylic acids is 1. The van der Waals surface area contributed by atoms with Crippen molar-refractivity contribution in [2.45, 2.75) is 6.04 Å². The van der Waals surface area contributed by atoms with Crippen LogP contribution in [0.1, 0.15) is 10.4 Å². The summed E-state index contributed by atoms with van der Waals surface area (Å²) in [5.41, 5.74) is 0.157. The lowest BCUT2D eigenvalue weighted by Gasteiger charge is -2.32. The lowest BCUT2D eigenvalue weighted by Crippen LogP contribution is -2.50. The molecule has 1 amide bonds. The predicted molar refractivity (Wildman–Crippen MR) is 73.9 cm³/mol. The predicted octanol–water partition coefficient (Wildman–Crippen LogP) is 2.23. The Hall–Kier alpha value is -1.08. The number of hydrogen-bond acceptors (Lipinski definition) is 3. The molecule has 1 aliphatic rings. The van der Waals surface area contributed by atoms with Crippen molar-refractivity contribution in [3.8, 4) is 0 Å². The summed E-state index contributed by atoms with van der Waals surface area (Å²) in [4.78, 5) is 24.7. The average Bonchev–Trinajstić information content (AvgIpc) is 2.36. The Balaban J connectivity index is 2.28. The third kappa shape index (κ3) is 3.27. The summed E-state index contributed by atoms with van der Waals surface area (Å²) in [5, 5.41) is 9.12. The van der Waals surface area contributed by atoms with Gasteiger partial charge in [0.25, 0.3) is 5.91 Å². The van der Waals surface area contributed by atoms with Crippen LogP contribution in [0, 0.1) is 5.82 Å². The normalized spacial score (nSPS) is 19.3. The number of thioether (sulfide) groups is 1. The zero-order valence-electron chi connectivity index (χ0n) is 9.81. The van der Waals surface area contributed by atoms with E-state index < -0.39 is 23.7 Å². The number of carbonyl (C=O) groups is 2. The van der Waals surface area contributed by atoms with Crippen molar-refractivity contribution in [3.05, 3.63) is 34.1 Å². The average molecular weight is 348 g/mol. The summed E-state index contributed by atoms with van der Waals surface area (Å²) in [6, 6.07) is 3.01. The van der Waals surface area contributed by atoms with Crippen LogP contribution in [0.3, 0.4) is 0 Å². The summed E-state index contributed by atoms with van der Waals surface area (Å²) in [6.07, 6.45) is 0. The van der Waals surface area contributed by atoms with Crippen molar-refractivity contribution in [2.24, 2.45) is 0 Å². The van der Waals surface area contributed by atoms with Gasteiger partial charge >= 0.3 is 5.97 Å². The van der Waals surface area contributed by atoms with E-state index in [1.165, 1.54) is 28.8 Å². The van der Waals surface area contributed by atoms with Gasteiger partial charge in [-0.2, -0.15) is 11.8 Å². The topological polar surface area (TPSA) is 57.6 Å². The molecule has 7 heteroatoms. The van der Waals surface area contributed by atoms with Gasteiger partial charge in [0.15, 0.2) is 0 Å². The minimum Gasteiger partial charge on any atom is -0.480 e. The Labute approximate surface area is 122 Å². The minimum absolute atomic E-state index is 0.157. The van der Waals surface area contributed by atoms with E-state index in [1.807, 2.05) is 0 Å². The molecule has 1 unspecified atom stereocenters. The first-order valence-electron chi connectivity index (χ1n) is 5.56. The molecule has 0 aromatic heterocycles. The number of halogens is 2. The largest absolute Gasteiger partial charge is 0.480 e. The van der Waals surface area contributed by atoms with E-state index in [0.29, 0.717) is 22.5 Å². The van der Waals surface area contributed by atoms with Crippen LogP contribution in [0.5, 0.6) is 0 Å². The maximum Gasteiger partial charge on any atom is 0.327 e. The molecule has 0 aliphatic carbocycles. The van der Waals surface area contributed by atoms with Crippen LogP contribution in [0.25, 0.3) is 0 Å². The molecule has 1 fully saturated rings. The molecule has 0 saturated carbocycles. The van der Waals surface area contributed by atoms with E-state index in [-0.39, 0.29) is 5.56 Å². The van der Waals surface area contributed by atoms with Gasteiger partial charge < -0.3 is 10.0 Å². The van der Waals surface area contributed by atoms with Crippen molar-refractivity contribution >= 4 is 39.6 Å². The van der Waals surface area contributed by atoms with E-state index in [0.717, 1.165) is 6.07 Å². The fourth-order valence-electron chi connectivity index (χ4n) is 1.89. The van der Waals surface area contributed by atoms with Gasteiger partial charge in [0.2, 0.25) is 0 Å². The quantitative estimate of drug-likeness (QED) is 0.891. The van der Waals surface area contributed by atoms with Gasteiger partial charge in [-0.15, -0.1) is 0 Å². The van der Waals surface area contributed by atoms with Crippen LogP contribution in [0.2, 0.25) is 0 Å². The van der Waals surface area contributed by atoms with Gasteiger partial charge in [-0.1, -0.05) is 15.9 Å². The van der Waals surface area contributed by atoms with Crippen molar-refractivity contribution < 1.29 is 19.1 Å². The number of carboxylic acid groups (broad SMARTS) is 1. The maximum atomic E-state index is 13.3. The molecule has 1 N–H and O–H groups in total. The molecule has 0 radical (unpaired) electrons. The second kappa shape index (κ2) is 5.92. The lowest BCUT2D eigenvalue weighted by molar-refractivity contribution is -0.141. The summed E-state index contributed by atoms with van der Waals surface area (Å²) in [5.74, 6) is -0.969. The van der Waals surface area contributed by atoms with Gasteiger partial charge in [-0.25, -0.2) is 9.18 Å². The molecule has 19 heavy (non-hydrogen) atoms. The summed E-state index contributed by atoms with van der Waals surface area (Å²) < 4.78 is 13.7. The fraction of sp³-hybridized carbons (Fsp3) is 0.333. The first kappa shape index (κ1) is 14.3. The fourth-order valence-corrected chi connectivity index (χ4v) is 3.40. The standard InChI is InChI=1S/C12H11BrFNO3S/c13-8-3-7(4-9(14)5-8)11(16)15-1-2-19-6-10(15)12(17)18/h3-5,10H,1-2,6H2,(H,17,18). The number of rotatable bonds is 2. The summed E-state index contributed by atoms with van der Waals surface area (Å²) in [6.45, 7) is 0.356. The van der Waals surface area contributed by atoms with Crippen LogP contribution in [-0.2, 0) is 4.79 Å². The van der Waals surface area contributed by atoms with Gasteiger partial charge in [0.1, 0.15) is 11.9 Å². The van der Waals surface area contributed by atoms with E-state index in [2.05, 4.69) is 15.9 Å². The molecular weight excluding hydrogens is 337 g/mol. The number of benzene rings is 1. The summed E-state index contributed by atoms with van der Waals surface area (Å²) >= 11 is 4.61. The van der Waals surface area contributed by atoms with Crippen LogP contribution in [-0.4, -0.2) is 46.0 Å². The molecule has 1 aliphatic heterocycles. The Morgan fingerprint density at radius 1 is 1.42 bits per heavy atom. The molecule has 2 rings (SSSR count). The zero-order chi connectivity index (χ0) is 14.0. The molecule has 102 valence electrons. The Morgan fingerprint density at radius 3 is 2.79 bits per heavy atom. The van der Waals surface area contributed by atoms with Crippen molar-refractivity contribution in [1.29, 1.82) is 0 Å². The van der Waals surface area contributed by atoms with E-state index in [4.69, 9.17) is 5.11 Å². The minimum atomic E-state index is -1.03. The molecule has 1 heterocycles. The Bertz CT molecular complexity index is 505. The number of carboxylic acids is 1. The van der Waals surface area contributed by atoms with E-state index >= 15 is 0 Å². The van der Waals surface area contributed by atoms with Crippen LogP contribution < -0.4 is 0 Å². The van der Waals surface area contributed by atoms with Crippen LogP contribution in [0.15, 0.2) is 22.7 Å². The zero-order valence-corrected chi connectivity index (χ0v) is 12.2. The molecule has 1 saturated heterocycles. The molecule has 4 nitrogen and oxygen atoms in total. The van der Waals surface area contributed by atoms with E-state index in [9.17, 15) is 14.0 Å². The van der Waals surface area contributed by atoms with Crippen molar-refractivity contribution in [1.82, 2.24) is 4.90 Å². The smallest absolute Gasteiger partial charge is 0.327 e. The lowest BCUT2D eigenvalue weighted by atomic mass is 10.1. The molecule has 0 bridgehead atoms. The highest BCUT2D eigenvalue weighted by molar-refractivity contribution is 9.10. The van der Waals surface area contributed by atoms with Crippen molar-refractivity contribution in [3.63, 3.8) is 0 Å². The molecule has 1 aromatic carbocycles. The van der Waals surface area contributed by atoms with Crippen LogP contribution >= 0.6 is 27.7 Å². The number of hydrogen-bond donors (Lipinski definition) is 1. The Kier molecular flexibility index (Phi) is 4.46.